The second-order valence-electron chi connectivity index (χ2n) is 16.4. The summed E-state index contributed by atoms with van der Waals surface area (Å²) in [6.07, 6.45) is 9.92. The number of halogens is 1. The number of aromatic nitrogens is 1. The summed E-state index contributed by atoms with van der Waals surface area (Å²) >= 11 is 6.42. The van der Waals surface area contributed by atoms with E-state index in [1.807, 2.05) is 25.1 Å². The number of morpholine rings is 1. The Morgan fingerprint density at radius 3 is 2.75 bits per heavy atom. The quantitative estimate of drug-likeness (QED) is 0.365. The molecule has 1 amide bonds. The minimum absolute atomic E-state index is 0.0350. The van der Waals surface area contributed by atoms with Gasteiger partial charge in [-0.25, -0.2) is 18.1 Å². The van der Waals surface area contributed by atoms with Crippen molar-refractivity contribution in [2.45, 2.75) is 82.3 Å². The normalized spacial score (nSPS) is 31.0. The molecular weight excluding hydrogens is 754 g/mol. The van der Waals surface area contributed by atoms with Crippen molar-refractivity contribution in [3.63, 3.8) is 0 Å². The van der Waals surface area contributed by atoms with Gasteiger partial charge in [0.15, 0.2) is 11.6 Å². The number of benzene rings is 1. The third-order valence-corrected chi connectivity index (χ3v) is 14.9. The van der Waals surface area contributed by atoms with Gasteiger partial charge < -0.3 is 23.8 Å². The number of rotatable bonds is 7. The molecular formula is C42H60ClN5O7S. The van der Waals surface area contributed by atoms with E-state index < -0.39 is 26.8 Å². The van der Waals surface area contributed by atoms with Gasteiger partial charge in [-0.3, -0.25) is 14.6 Å². The fraction of sp³-hybridized carbons (Fsp3) is 0.667. The number of pyridine rings is 1. The Bertz CT molecular complexity index is 1820. The van der Waals surface area contributed by atoms with Gasteiger partial charge in [0.1, 0.15) is 17.9 Å². The molecule has 1 aromatic carbocycles. The molecule has 5 aliphatic rings. The largest absolute Gasteiger partial charge is 0.485 e. The third-order valence-electron chi connectivity index (χ3n) is 12.7. The van der Waals surface area contributed by atoms with Crippen molar-refractivity contribution >= 4 is 33.3 Å². The van der Waals surface area contributed by atoms with E-state index >= 15 is 0 Å². The molecule has 5 heterocycles. The first-order chi connectivity index (χ1) is 27.1. The summed E-state index contributed by atoms with van der Waals surface area (Å²) in [5, 5.41) is -0.164. The molecule has 1 aliphatic carbocycles. The standard InChI is InChI=1S/C42H60ClN5O7S/c1-4-55-42(29-46-19-20-47-21-23-53-28-35(47)26-46)17-7-8-30(2)39(16-22-52-3)56(50,51)45-41(49)37-14-15-38-40(44-37)48(25-32-11-13-36(32)42)18-6-5-9-31-24-34(43)12-10-33(31)27-54-38/h7,10,12,14-15,17,24,30,32,35-36,39H,4-6,8-9,11,13,16,18-23,25-29H2,1-3H3,(H,45,49)/b17-7+/t30-,32-,35-,36+,39+,42+/m0/s1. The molecule has 56 heavy (non-hydrogen) atoms. The van der Waals surface area contributed by atoms with E-state index in [9.17, 15) is 13.2 Å². The Morgan fingerprint density at radius 1 is 1.07 bits per heavy atom. The molecule has 2 bridgehead atoms. The molecule has 12 nitrogen and oxygen atoms in total. The summed E-state index contributed by atoms with van der Waals surface area (Å²) in [4.78, 5) is 26.1. The summed E-state index contributed by atoms with van der Waals surface area (Å²) in [5.74, 6) is 0.565. The molecule has 0 radical (unpaired) electrons. The number of ether oxygens (including phenoxy) is 4. The van der Waals surface area contributed by atoms with Crippen LogP contribution in [0.4, 0.5) is 5.82 Å². The number of allylic oxidation sites excluding steroid dienone is 1. The Balaban J connectivity index is 1.28. The van der Waals surface area contributed by atoms with Gasteiger partial charge in [0.05, 0.1) is 18.5 Å². The minimum atomic E-state index is -4.12. The van der Waals surface area contributed by atoms with Gasteiger partial charge >= 0.3 is 0 Å². The van der Waals surface area contributed by atoms with Crippen LogP contribution >= 0.6 is 11.6 Å². The monoisotopic (exact) mass is 813 g/mol. The second kappa shape index (κ2) is 18.4. The average Bonchev–Trinajstić information content (AvgIpc) is 3.19. The van der Waals surface area contributed by atoms with Crippen molar-refractivity contribution in [1.29, 1.82) is 0 Å². The third kappa shape index (κ3) is 9.40. The maximum atomic E-state index is 14.1. The topological polar surface area (TPSA) is 123 Å². The van der Waals surface area contributed by atoms with Gasteiger partial charge in [0.25, 0.3) is 5.91 Å². The highest BCUT2D eigenvalue weighted by molar-refractivity contribution is 7.90. The van der Waals surface area contributed by atoms with Gasteiger partial charge in [-0.1, -0.05) is 36.7 Å². The number of carbonyl (C=O) groups excluding carboxylic acids is 1. The number of nitrogens with one attached hydrogen (secondary N) is 1. The van der Waals surface area contributed by atoms with Crippen molar-refractivity contribution in [2.24, 2.45) is 17.8 Å². The fourth-order valence-corrected chi connectivity index (χ4v) is 11.4. The molecule has 1 saturated carbocycles. The molecule has 3 fully saturated rings. The Hall–Kier alpha value is -2.78. The second-order valence-corrected chi connectivity index (χ2v) is 18.7. The van der Waals surface area contributed by atoms with Gasteiger partial charge in [0.2, 0.25) is 10.0 Å². The molecule has 0 spiro atoms. The van der Waals surface area contributed by atoms with Gasteiger partial charge in [-0.05, 0) is 105 Å². The van der Waals surface area contributed by atoms with Crippen LogP contribution in [0.1, 0.15) is 74.0 Å². The summed E-state index contributed by atoms with van der Waals surface area (Å²) in [6.45, 7) is 12.7. The van der Waals surface area contributed by atoms with E-state index in [2.05, 4.69) is 38.5 Å². The zero-order chi connectivity index (χ0) is 39.3. The number of amides is 1. The van der Waals surface area contributed by atoms with Crippen LogP contribution in [-0.4, -0.2) is 125 Å². The van der Waals surface area contributed by atoms with Crippen LogP contribution in [0.3, 0.4) is 0 Å². The van der Waals surface area contributed by atoms with Gasteiger partial charge in [-0.15, -0.1) is 0 Å². The number of aryl methyl sites for hydroxylation is 1. The van der Waals surface area contributed by atoms with Crippen LogP contribution in [0, 0.1) is 17.8 Å². The maximum absolute atomic E-state index is 14.1. The molecule has 1 aromatic heterocycles. The van der Waals surface area contributed by atoms with E-state index in [1.165, 1.54) is 0 Å². The molecule has 0 unspecified atom stereocenters. The number of hydrogen-bond donors (Lipinski definition) is 1. The summed E-state index contributed by atoms with van der Waals surface area (Å²) in [5.41, 5.74) is 1.68. The number of hydrogen-bond acceptors (Lipinski definition) is 11. The first-order valence-corrected chi connectivity index (χ1v) is 22.6. The maximum Gasteiger partial charge on any atom is 0.283 e. The van der Waals surface area contributed by atoms with Crippen LogP contribution in [0.5, 0.6) is 5.75 Å². The smallest absolute Gasteiger partial charge is 0.283 e. The van der Waals surface area contributed by atoms with Crippen molar-refractivity contribution in [2.75, 3.05) is 84.3 Å². The Kier molecular flexibility index (Phi) is 13.6. The number of fused-ring (bicyclic) bond motifs is 4. The molecule has 14 heteroatoms. The number of sulfonamides is 1. The predicted octanol–water partition coefficient (Wildman–Crippen LogP) is 5.34. The fourth-order valence-electron chi connectivity index (χ4n) is 9.58. The predicted molar refractivity (Wildman–Crippen MR) is 218 cm³/mol. The first-order valence-electron chi connectivity index (χ1n) is 20.7. The van der Waals surface area contributed by atoms with Crippen LogP contribution in [0.15, 0.2) is 42.5 Å². The molecule has 2 saturated heterocycles. The summed E-state index contributed by atoms with van der Waals surface area (Å²) in [6, 6.07) is 9.61. The van der Waals surface area contributed by atoms with Crippen molar-refractivity contribution < 1.29 is 32.2 Å². The van der Waals surface area contributed by atoms with E-state index in [4.69, 9.17) is 35.5 Å². The van der Waals surface area contributed by atoms with Crippen LogP contribution in [-0.2, 0) is 37.3 Å². The lowest BCUT2D eigenvalue weighted by Crippen LogP contribution is -2.62. The Morgan fingerprint density at radius 2 is 1.95 bits per heavy atom. The molecule has 7 rings (SSSR count). The van der Waals surface area contributed by atoms with Crippen molar-refractivity contribution in [1.82, 2.24) is 19.5 Å². The number of methoxy groups -OCH3 is 1. The molecule has 308 valence electrons. The van der Waals surface area contributed by atoms with Crippen molar-refractivity contribution in [3.8, 4) is 5.75 Å². The highest BCUT2D eigenvalue weighted by Crippen LogP contribution is 2.47. The van der Waals surface area contributed by atoms with Gasteiger partial charge in [0, 0.05) is 77.2 Å². The summed E-state index contributed by atoms with van der Waals surface area (Å²) in [7, 11) is -2.56. The number of nitrogens with zero attached hydrogens (tertiary/aromatic N) is 4. The van der Waals surface area contributed by atoms with E-state index in [1.54, 1.807) is 19.2 Å². The van der Waals surface area contributed by atoms with Crippen molar-refractivity contribution in [3.05, 3.63) is 64.3 Å². The highest BCUT2D eigenvalue weighted by atomic mass is 35.5. The lowest BCUT2D eigenvalue weighted by molar-refractivity contribution is -0.121. The summed E-state index contributed by atoms with van der Waals surface area (Å²) < 4.78 is 55.3. The van der Waals surface area contributed by atoms with Crippen LogP contribution in [0.2, 0.25) is 5.02 Å². The minimum Gasteiger partial charge on any atom is -0.485 e. The number of piperazine rings is 1. The molecule has 1 N–H and O–H groups in total. The number of carbonyl (C=O) groups is 1. The molecule has 6 atom stereocenters. The number of anilines is 1. The highest BCUT2D eigenvalue weighted by Gasteiger charge is 2.49. The Labute approximate surface area is 338 Å². The average molecular weight is 814 g/mol. The SMILES string of the molecule is CCO[C@@]1(CN2CCN3CCOC[C@@H]3C2)/C=C/C[C@H](C)[C@@H](CCOC)S(=O)(=O)NC(=O)c2ccc3c(n2)N(CCCCc2cc(Cl)ccc2CO3)C[C@@H]2CC[C@H]21. The van der Waals surface area contributed by atoms with E-state index in [0.717, 1.165) is 89.2 Å². The van der Waals surface area contributed by atoms with Crippen LogP contribution < -0.4 is 14.4 Å². The first kappa shape index (κ1) is 41.4. The molecule has 4 aliphatic heterocycles. The lowest BCUT2D eigenvalue weighted by atomic mass is 9.63. The van der Waals surface area contributed by atoms with E-state index in [0.29, 0.717) is 61.3 Å². The van der Waals surface area contributed by atoms with E-state index in [-0.39, 0.29) is 30.6 Å². The van der Waals surface area contributed by atoms with Gasteiger partial charge in [-0.2, -0.15) is 0 Å². The lowest BCUT2D eigenvalue weighted by Gasteiger charge is -2.53. The zero-order valence-corrected chi connectivity index (χ0v) is 34.9. The van der Waals surface area contributed by atoms with Crippen LogP contribution in [0.25, 0.3) is 0 Å². The zero-order valence-electron chi connectivity index (χ0n) is 33.3. The molecule has 2 aromatic rings.